The first-order chi connectivity index (χ1) is 13.5. The normalized spacial score (nSPS) is 10.9. The van der Waals surface area contributed by atoms with E-state index in [0.29, 0.717) is 35.4 Å². The van der Waals surface area contributed by atoms with Gasteiger partial charge in [-0.25, -0.2) is 0 Å². The van der Waals surface area contributed by atoms with Crippen LogP contribution in [0.4, 0.5) is 5.69 Å². The lowest BCUT2D eigenvalue weighted by molar-refractivity contribution is 0.474. The van der Waals surface area contributed by atoms with Gasteiger partial charge in [0, 0.05) is 29.2 Å². The van der Waals surface area contributed by atoms with Crippen molar-refractivity contribution in [2.75, 3.05) is 18.3 Å². The number of hydrogen-bond donors (Lipinski definition) is 5. The summed E-state index contributed by atoms with van der Waals surface area (Å²) >= 11 is 0. The third-order valence-electron chi connectivity index (χ3n) is 3.55. The van der Waals surface area contributed by atoms with Gasteiger partial charge in [-0.05, 0) is 36.6 Å². The Balaban J connectivity index is 1.91. The molecule has 143 valence electrons. The number of nitrogens with one attached hydrogen (secondary N) is 2. The van der Waals surface area contributed by atoms with E-state index in [-0.39, 0.29) is 11.5 Å². The number of aromatic hydroxyl groups is 2. The second-order valence-electron chi connectivity index (χ2n) is 5.85. The molecular formula is C18H21B2N4O4. The van der Waals surface area contributed by atoms with Gasteiger partial charge in [-0.1, -0.05) is 12.1 Å². The number of rotatable bonds is 10. The van der Waals surface area contributed by atoms with Crippen LogP contribution in [0.5, 0.6) is 11.5 Å². The van der Waals surface area contributed by atoms with Crippen molar-refractivity contribution in [2.45, 2.75) is 6.82 Å². The number of benzene rings is 2. The maximum Gasteiger partial charge on any atom is 0.409 e. The minimum Gasteiger partial charge on any atom is -0.550 e. The molecular weight excluding hydrogens is 358 g/mol. The highest BCUT2D eigenvalue weighted by atomic mass is 16.4. The zero-order valence-corrected chi connectivity index (χ0v) is 15.4. The van der Waals surface area contributed by atoms with Crippen molar-refractivity contribution in [3.8, 4) is 11.5 Å². The second-order valence-corrected chi connectivity index (χ2v) is 5.85. The maximum absolute atomic E-state index is 9.87. The van der Waals surface area contributed by atoms with Crippen molar-refractivity contribution < 1.29 is 19.9 Å². The molecule has 0 aliphatic carbocycles. The third kappa shape index (κ3) is 6.81. The van der Waals surface area contributed by atoms with E-state index in [0.717, 1.165) is 6.40 Å². The smallest absolute Gasteiger partial charge is 0.409 e. The van der Waals surface area contributed by atoms with Crippen molar-refractivity contribution in [2.24, 2.45) is 9.98 Å². The Kier molecular flexibility index (Phi) is 8.10. The van der Waals surface area contributed by atoms with Crippen LogP contribution in [-0.4, -0.2) is 61.7 Å². The van der Waals surface area contributed by atoms with Gasteiger partial charge in [-0.2, -0.15) is 0 Å². The van der Waals surface area contributed by atoms with Crippen molar-refractivity contribution in [3.05, 3.63) is 47.5 Å². The fourth-order valence-electron chi connectivity index (χ4n) is 2.29. The molecule has 0 aliphatic heterocycles. The number of phenols is 2. The quantitative estimate of drug-likeness (QED) is 0.138. The van der Waals surface area contributed by atoms with Gasteiger partial charge in [0.15, 0.2) is 0 Å². The molecule has 0 atom stereocenters. The molecule has 0 aliphatic rings. The van der Waals surface area contributed by atoms with Crippen molar-refractivity contribution in [1.29, 1.82) is 5.41 Å². The van der Waals surface area contributed by atoms with Crippen LogP contribution in [0.25, 0.3) is 0 Å². The standard InChI is InChI=1S/C18H21B2N4O4/c1-20(27)24-16-3-5-18(26)14(9-16)11-23-7-6-22-10-13-8-15(19-28-12-21)2-4-17(13)25/h2-5,8-12,21,24-27H,6-7H2,1H3. The Morgan fingerprint density at radius 1 is 1.07 bits per heavy atom. The zero-order valence-electron chi connectivity index (χ0n) is 15.4. The molecule has 2 aromatic rings. The summed E-state index contributed by atoms with van der Waals surface area (Å²) < 4.78 is 4.79. The first kappa shape index (κ1) is 21.0. The van der Waals surface area contributed by atoms with E-state index in [9.17, 15) is 15.2 Å². The molecule has 2 rings (SSSR count). The summed E-state index contributed by atoms with van der Waals surface area (Å²) in [7, 11) is 0.689. The lowest BCUT2D eigenvalue weighted by atomic mass is 9.87. The summed E-state index contributed by atoms with van der Waals surface area (Å²) in [6, 6.07) is 9.74. The number of phenolic OH excluding ortho intramolecular Hbond substituents is 2. The molecule has 0 aromatic heterocycles. The van der Waals surface area contributed by atoms with Crippen molar-refractivity contribution >= 4 is 44.5 Å². The summed E-state index contributed by atoms with van der Waals surface area (Å²) in [6.07, 6.45) is 3.89. The van der Waals surface area contributed by atoms with E-state index in [2.05, 4.69) is 15.2 Å². The van der Waals surface area contributed by atoms with Crippen LogP contribution in [0.3, 0.4) is 0 Å². The molecule has 1 radical (unpaired) electrons. The number of hydrogen-bond acceptors (Lipinski definition) is 8. The van der Waals surface area contributed by atoms with Gasteiger partial charge >= 0.3 is 14.5 Å². The molecule has 0 unspecified atom stereocenters. The molecule has 0 fully saturated rings. The zero-order chi connectivity index (χ0) is 20.4. The van der Waals surface area contributed by atoms with Crippen molar-refractivity contribution in [3.63, 3.8) is 0 Å². The van der Waals surface area contributed by atoms with Crippen molar-refractivity contribution in [1.82, 2.24) is 0 Å². The van der Waals surface area contributed by atoms with E-state index in [1.807, 2.05) is 0 Å². The van der Waals surface area contributed by atoms with Crippen LogP contribution in [0.2, 0.25) is 6.82 Å². The predicted octanol–water partition coefficient (Wildman–Crippen LogP) is 1.03. The molecule has 28 heavy (non-hydrogen) atoms. The highest BCUT2D eigenvalue weighted by Crippen LogP contribution is 2.20. The summed E-state index contributed by atoms with van der Waals surface area (Å²) in [5.41, 5.74) is 2.43. The summed E-state index contributed by atoms with van der Waals surface area (Å²) in [6.45, 7) is 2.39. The van der Waals surface area contributed by atoms with Gasteiger partial charge < -0.3 is 25.1 Å². The SMILES string of the molecule is CB(O)Nc1ccc(O)c(C=NCCN=Cc2cc([B]OC=N)ccc2O)c1. The van der Waals surface area contributed by atoms with Gasteiger partial charge in [0.25, 0.3) is 0 Å². The molecule has 0 saturated heterocycles. The van der Waals surface area contributed by atoms with Crippen LogP contribution >= 0.6 is 0 Å². The van der Waals surface area contributed by atoms with Gasteiger partial charge in [0.2, 0.25) is 0 Å². The Morgan fingerprint density at radius 3 is 2.29 bits per heavy atom. The Labute approximate surface area is 164 Å². The summed E-state index contributed by atoms with van der Waals surface area (Å²) in [5.74, 6) is 0.181. The third-order valence-corrected chi connectivity index (χ3v) is 3.55. The molecule has 2 aromatic carbocycles. The molecule has 5 N–H and O–H groups in total. The van der Waals surface area contributed by atoms with Crippen LogP contribution < -0.4 is 10.7 Å². The van der Waals surface area contributed by atoms with E-state index in [1.54, 1.807) is 37.3 Å². The fourth-order valence-corrected chi connectivity index (χ4v) is 2.29. The van der Waals surface area contributed by atoms with E-state index >= 15 is 0 Å². The van der Waals surface area contributed by atoms with Crippen LogP contribution in [-0.2, 0) is 4.65 Å². The lowest BCUT2D eigenvalue weighted by Crippen LogP contribution is -2.19. The molecule has 10 heteroatoms. The molecule has 0 saturated carbocycles. The van der Waals surface area contributed by atoms with Crippen LogP contribution in [0.15, 0.2) is 46.4 Å². The minimum atomic E-state index is -0.701. The van der Waals surface area contributed by atoms with E-state index in [4.69, 9.17) is 10.1 Å². The topological polar surface area (TPSA) is 131 Å². The monoisotopic (exact) mass is 379 g/mol. The molecule has 0 heterocycles. The minimum absolute atomic E-state index is 0.0894. The first-order valence-corrected chi connectivity index (χ1v) is 8.57. The molecule has 0 amide bonds. The predicted molar refractivity (Wildman–Crippen MR) is 114 cm³/mol. The van der Waals surface area contributed by atoms with E-state index < -0.39 is 7.05 Å². The maximum atomic E-state index is 9.87. The molecule has 0 spiro atoms. The summed E-state index contributed by atoms with van der Waals surface area (Å²) in [5, 5.41) is 38.8. The highest BCUT2D eigenvalue weighted by Gasteiger charge is 2.05. The van der Waals surface area contributed by atoms with Gasteiger partial charge in [-0.15, -0.1) is 0 Å². The van der Waals surface area contributed by atoms with Gasteiger partial charge in [0.05, 0.1) is 13.1 Å². The first-order valence-electron chi connectivity index (χ1n) is 8.57. The fraction of sp³-hybridized carbons (Fsp3) is 0.167. The largest absolute Gasteiger partial charge is 0.550 e. The summed E-state index contributed by atoms with van der Waals surface area (Å²) in [4.78, 5) is 8.46. The highest BCUT2D eigenvalue weighted by molar-refractivity contribution is 6.52. The Hall–Kier alpha value is -3.26. The molecule has 0 bridgehead atoms. The van der Waals surface area contributed by atoms with Crippen LogP contribution in [0, 0.1) is 5.41 Å². The number of nitrogens with zero attached hydrogens (tertiary/aromatic N) is 2. The Bertz CT molecular complexity index is 859. The van der Waals surface area contributed by atoms with Gasteiger partial charge in [0.1, 0.15) is 17.9 Å². The van der Waals surface area contributed by atoms with Gasteiger partial charge in [-0.3, -0.25) is 15.4 Å². The van der Waals surface area contributed by atoms with Crippen LogP contribution in [0.1, 0.15) is 11.1 Å². The number of anilines is 1. The Morgan fingerprint density at radius 2 is 1.68 bits per heavy atom. The second kappa shape index (κ2) is 10.8. The average molecular weight is 379 g/mol. The van der Waals surface area contributed by atoms with E-state index in [1.165, 1.54) is 25.8 Å². The number of aliphatic imine (C=N–C) groups is 2. The lowest BCUT2D eigenvalue weighted by Gasteiger charge is -2.07. The average Bonchev–Trinajstić information content (AvgIpc) is 2.66. The molecule has 8 nitrogen and oxygen atoms in total.